The Bertz CT molecular complexity index is 503. The van der Waals surface area contributed by atoms with Gasteiger partial charge in [-0.15, -0.1) is 11.3 Å². The maximum absolute atomic E-state index is 12.8. The summed E-state index contributed by atoms with van der Waals surface area (Å²) >= 11 is 1.60. The summed E-state index contributed by atoms with van der Waals surface area (Å²) in [6.45, 7) is 8.70. The minimum Gasteiger partial charge on any atom is -0.330 e. The molecule has 0 saturated heterocycles. The SMILES string of the molecule is CC.CC(C)(CN)c1nc(-c2ccc(F)cc2)cs1. The van der Waals surface area contributed by atoms with E-state index in [0.29, 0.717) is 6.54 Å². The smallest absolute Gasteiger partial charge is 0.123 e. The van der Waals surface area contributed by atoms with E-state index >= 15 is 0 Å². The number of rotatable bonds is 3. The van der Waals surface area contributed by atoms with Gasteiger partial charge in [0.25, 0.3) is 0 Å². The molecular weight excluding hydrogens is 259 g/mol. The molecule has 0 aliphatic heterocycles. The zero-order valence-electron chi connectivity index (χ0n) is 11.9. The van der Waals surface area contributed by atoms with Crippen molar-refractivity contribution in [1.82, 2.24) is 4.98 Å². The van der Waals surface area contributed by atoms with Crippen LogP contribution in [0.4, 0.5) is 4.39 Å². The molecule has 4 heteroatoms. The molecule has 0 radical (unpaired) electrons. The summed E-state index contributed by atoms with van der Waals surface area (Å²) in [5, 5.41) is 3.00. The Morgan fingerprint density at radius 1 is 1.21 bits per heavy atom. The summed E-state index contributed by atoms with van der Waals surface area (Å²) in [7, 11) is 0. The van der Waals surface area contributed by atoms with Crippen LogP contribution in [0.15, 0.2) is 29.6 Å². The van der Waals surface area contributed by atoms with Crippen molar-refractivity contribution in [3.8, 4) is 11.3 Å². The first-order chi connectivity index (χ1) is 9.03. The van der Waals surface area contributed by atoms with Gasteiger partial charge in [-0.2, -0.15) is 0 Å². The lowest BCUT2D eigenvalue weighted by molar-refractivity contribution is 0.536. The van der Waals surface area contributed by atoms with Gasteiger partial charge in [-0.05, 0) is 24.3 Å². The van der Waals surface area contributed by atoms with Gasteiger partial charge in [-0.3, -0.25) is 0 Å². The first-order valence-corrected chi connectivity index (χ1v) is 7.33. The largest absolute Gasteiger partial charge is 0.330 e. The van der Waals surface area contributed by atoms with E-state index in [-0.39, 0.29) is 11.2 Å². The highest BCUT2D eigenvalue weighted by Gasteiger charge is 2.22. The van der Waals surface area contributed by atoms with Crippen LogP contribution in [0.3, 0.4) is 0 Å². The van der Waals surface area contributed by atoms with E-state index < -0.39 is 0 Å². The van der Waals surface area contributed by atoms with Gasteiger partial charge in [0.2, 0.25) is 0 Å². The number of benzene rings is 1. The Hall–Kier alpha value is -1.26. The molecule has 0 atom stereocenters. The quantitative estimate of drug-likeness (QED) is 0.914. The van der Waals surface area contributed by atoms with Crippen molar-refractivity contribution in [1.29, 1.82) is 0 Å². The average molecular weight is 280 g/mol. The van der Waals surface area contributed by atoms with Gasteiger partial charge < -0.3 is 5.73 Å². The highest BCUT2D eigenvalue weighted by atomic mass is 32.1. The number of halogens is 1. The maximum atomic E-state index is 12.8. The van der Waals surface area contributed by atoms with Crippen LogP contribution in [0, 0.1) is 5.82 Å². The van der Waals surface area contributed by atoms with E-state index in [1.54, 1.807) is 23.5 Å². The highest BCUT2D eigenvalue weighted by molar-refractivity contribution is 7.10. The van der Waals surface area contributed by atoms with Crippen molar-refractivity contribution >= 4 is 11.3 Å². The van der Waals surface area contributed by atoms with Crippen LogP contribution in [0.5, 0.6) is 0 Å². The van der Waals surface area contributed by atoms with Gasteiger partial charge >= 0.3 is 0 Å². The number of nitrogens with zero attached hydrogens (tertiary/aromatic N) is 1. The Labute approximate surface area is 118 Å². The third kappa shape index (κ3) is 3.85. The lowest BCUT2D eigenvalue weighted by Gasteiger charge is -2.18. The molecule has 0 unspecified atom stereocenters. The molecule has 2 nitrogen and oxygen atoms in total. The number of thiazole rings is 1. The van der Waals surface area contributed by atoms with E-state index in [4.69, 9.17) is 5.73 Å². The Kier molecular flexibility index (Phi) is 5.63. The molecule has 19 heavy (non-hydrogen) atoms. The summed E-state index contributed by atoms with van der Waals surface area (Å²) in [5.74, 6) is -0.230. The molecular formula is C15H21FN2S. The Balaban J connectivity index is 0.000000861. The molecule has 0 amide bonds. The fraction of sp³-hybridized carbons (Fsp3) is 0.400. The van der Waals surface area contributed by atoms with E-state index in [0.717, 1.165) is 16.3 Å². The molecule has 1 heterocycles. The van der Waals surface area contributed by atoms with Crippen molar-refractivity contribution in [3.05, 3.63) is 40.5 Å². The molecule has 2 aromatic rings. The van der Waals surface area contributed by atoms with Gasteiger partial charge in [0.05, 0.1) is 5.69 Å². The third-order valence-electron chi connectivity index (χ3n) is 2.73. The molecule has 1 aromatic carbocycles. The molecule has 0 aliphatic carbocycles. The van der Waals surface area contributed by atoms with Crippen LogP contribution >= 0.6 is 11.3 Å². The molecule has 0 aliphatic rings. The van der Waals surface area contributed by atoms with E-state index in [2.05, 4.69) is 18.8 Å². The van der Waals surface area contributed by atoms with Crippen molar-refractivity contribution in [3.63, 3.8) is 0 Å². The molecule has 0 spiro atoms. The van der Waals surface area contributed by atoms with Crippen molar-refractivity contribution in [2.75, 3.05) is 6.54 Å². The van der Waals surface area contributed by atoms with Crippen molar-refractivity contribution in [2.24, 2.45) is 5.73 Å². The third-order valence-corrected chi connectivity index (χ3v) is 3.94. The molecule has 2 N–H and O–H groups in total. The molecule has 0 fully saturated rings. The normalized spacial score (nSPS) is 10.8. The van der Waals surface area contributed by atoms with Crippen LogP contribution < -0.4 is 5.73 Å². The average Bonchev–Trinajstić information content (AvgIpc) is 2.92. The molecule has 104 valence electrons. The summed E-state index contributed by atoms with van der Waals surface area (Å²) in [5.41, 5.74) is 7.43. The van der Waals surface area contributed by atoms with Crippen LogP contribution in [0.25, 0.3) is 11.3 Å². The fourth-order valence-corrected chi connectivity index (χ4v) is 2.39. The molecule has 1 aromatic heterocycles. The standard InChI is InChI=1S/C13H15FN2S.C2H6/c1-13(2,8-15)12-16-11(7-17-12)9-3-5-10(14)6-4-9;1-2/h3-7H,8,15H2,1-2H3;1-2H3. The fourth-order valence-electron chi connectivity index (χ4n) is 1.43. The van der Waals surface area contributed by atoms with Crippen molar-refractivity contribution in [2.45, 2.75) is 33.1 Å². The second-order valence-electron chi connectivity index (χ2n) is 4.63. The minimum atomic E-state index is -0.230. The van der Waals surface area contributed by atoms with E-state index in [9.17, 15) is 4.39 Å². The predicted octanol–water partition coefficient (Wildman–Crippen LogP) is 4.21. The first kappa shape index (κ1) is 15.8. The molecule has 2 rings (SSSR count). The zero-order chi connectivity index (χ0) is 14.5. The van der Waals surface area contributed by atoms with Crippen LogP contribution in [-0.2, 0) is 5.41 Å². The van der Waals surface area contributed by atoms with Gasteiger partial charge in [0.1, 0.15) is 10.8 Å². The van der Waals surface area contributed by atoms with Gasteiger partial charge in [-0.25, -0.2) is 9.37 Å². The van der Waals surface area contributed by atoms with Gasteiger partial charge in [0, 0.05) is 22.9 Å². The topological polar surface area (TPSA) is 38.9 Å². The predicted molar refractivity (Wildman–Crippen MR) is 80.9 cm³/mol. The number of nitrogens with two attached hydrogens (primary N) is 1. The monoisotopic (exact) mass is 280 g/mol. The second kappa shape index (κ2) is 6.78. The Morgan fingerprint density at radius 2 is 1.79 bits per heavy atom. The zero-order valence-corrected chi connectivity index (χ0v) is 12.7. The first-order valence-electron chi connectivity index (χ1n) is 6.45. The summed E-state index contributed by atoms with van der Waals surface area (Å²) in [4.78, 5) is 4.57. The second-order valence-corrected chi connectivity index (χ2v) is 5.49. The van der Waals surface area contributed by atoms with E-state index in [1.807, 2.05) is 19.2 Å². The summed E-state index contributed by atoms with van der Waals surface area (Å²) < 4.78 is 12.8. The lowest BCUT2D eigenvalue weighted by Crippen LogP contribution is -2.27. The number of hydrogen-bond donors (Lipinski definition) is 1. The van der Waals surface area contributed by atoms with Crippen LogP contribution in [-0.4, -0.2) is 11.5 Å². The maximum Gasteiger partial charge on any atom is 0.123 e. The Morgan fingerprint density at radius 3 is 2.32 bits per heavy atom. The summed E-state index contributed by atoms with van der Waals surface area (Å²) in [6, 6.07) is 6.37. The molecule has 0 bridgehead atoms. The van der Waals surface area contributed by atoms with Crippen molar-refractivity contribution < 1.29 is 4.39 Å². The van der Waals surface area contributed by atoms with Gasteiger partial charge in [-0.1, -0.05) is 27.7 Å². The lowest BCUT2D eigenvalue weighted by atomic mass is 9.95. The van der Waals surface area contributed by atoms with Crippen LogP contribution in [0.2, 0.25) is 0 Å². The van der Waals surface area contributed by atoms with Crippen LogP contribution in [0.1, 0.15) is 32.7 Å². The highest BCUT2D eigenvalue weighted by Crippen LogP contribution is 2.29. The van der Waals surface area contributed by atoms with E-state index in [1.165, 1.54) is 12.1 Å². The number of aromatic nitrogens is 1. The van der Waals surface area contributed by atoms with Gasteiger partial charge in [0.15, 0.2) is 0 Å². The number of hydrogen-bond acceptors (Lipinski definition) is 3. The molecule has 0 saturated carbocycles. The summed E-state index contributed by atoms with van der Waals surface area (Å²) in [6.07, 6.45) is 0. The minimum absolute atomic E-state index is 0.108.